The van der Waals surface area contributed by atoms with Gasteiger partial charge in [-0.3, -0.25) is 0 Å². The van der Waals surface area contributed by atoms with Gasteiger partial charge in [-0.05, 0) is 31.3 Å². The molecule has 104 valence electrons. The molecule has 0 heterocycles. The highest BCUT2D eigenvalue weighted by Crippen LogP contribution is 2.24. The normalized spacial score (nSPS) is 12.5. The summed E-state index contributed by atoms with van der Waals surface area (Å²) in [6.07, 6.45) is 11.0. The standard InChI is InChI=1S/C11H18.2C2H6.CH4O/c1-3-7-11-9-6-5-8-10(11)4-2;3*1-2/h6,9H,3-5,7-8H2,1-2H3;2*1-2H3;2H,1H3. The van der Waals surface area contributed by atoms with E-state index < -0.39 is 0 Å². The molecule has 0 aromatic heterocycles. The summed E-state index contributed by atoms with van der Waals surface area (Å²) in [6, 6.07) is 0. The lowest BCUT2D eigenvalue weighted by atomic mass is 9.93. The van der Waals surface area contributed by atoms with E-state index in [0.29, 0.717) is 0 Å². The Hall–Kier alpha value is -0.560. The van der Waals surface area contributed by atoms with Gasteiger partial charge in [0.25, 0.3) is 0 Å². The van der Waals surface area contributed by atoms with Gasteiger partial charge in [-0.2, -0.15) is 0 Å². The molecule has 1 aliphatic rings. The molecule has 0 aromatic rings. The van der Waals surface area contributed by atoms with Gasteiger partial charge in [0.2, 0.25) is 0 Å². The smallest absolute Gasteiger partial charge is 0.0319 e. The first kappa shape index (κ1) is 21.7. The Kier molecular flexibility index (Phi) is 26.6. The SMILES string of the molecule is CC.CC.CCCC1=C(CC)CCC=C1.CO. The summed E-state index contributed by atoms with van der Waals surface area (Å²) in [4.78, 5) is 0. The number of aliphatic hydroxyl groups is 1. The van der Waals surface area contributed by atoms with Crippen molar-refractivity contribution in [2.75, 3.05) is 7.11 Å². The summed E-state index contributed by atoms with van der Waals surface area (Å²) in [5.41, 5.74) is 3.30. The van der Waals surface area contributed by atoms with Gasteiger partial charge in [0.05, 0.1) is 0 Å². The third-order valence-electron chi connectivity index (χ3n) is 2.33. The van der Waals surface area contributed by atoms with Crippen LogP contribution in [0.1, 0.15) is 73.6 Å². The summed E-state index contributed by atoms with van der Waals surface area (Å²) in [5.74, 6) is 0. The molecule has 1 heteroatoms. The van der Waals surface area contributed by atoms with Crippen molar-refractivity contribution < 1.29 is 5.11 Å². The molecule has 0 saturated carbocycles. The van der Waals surface area contributed by atoms with Crippen LogP contribution in [-0.4, -0.2) is 12.2 Å². The van der Waals surface area contributed by atoms with Crippen LogP contribution >= 0.6 is 0 Å². The first-order chi connectivity index (χ1) is 8.38. The van der Waals surface area contributed by atoms with Crippen molar-refractivity contribution in [3.05, 3.63) is 23.3 Å². The first-order valence-corrected chi connectivity index (χ1v) is 7.20. The van der Waals surface area contributed by atoms with Crippen LogP contribution in [0, 0.1) is 0 Å². The summed E-state index contributed by atoms with van der Waals surface area (Å²) >= 11 is 0. The molecule has 0 spiro atoms. The molecule has 1 rings (SSSR count). The summed E-state index contributed by atoms with van der Waals surface area (Å²) in [7, 11) is 1.00. The van der Waals surface area contributed by atoms with Crippen LogP contribution in [0.2, 0.25) is 0 Å². The zero-order valence-corrected chi connectivity index (χ0v) is 13.1. The molecule has 1 aliphatic carbocycles. The van der Waals surface area contributed by atoms with E-state index >= 15 is 0 Å². The van der Waals surface area contributed by atoms with Gasteiger partial charge in [-0.1, -0.05) is 65.7 Å². The second-order valence-corrected chi connectivity index (χ2v) is 3.17. The van der Waals surface area contributed by atoms with Gasteiger partial charge in [-0.15, -0.1) is 0 Å². The molecule has 0 amide bonds. The van der Waals surface area contributed by atoms with Gasteiger partial charge >= 0.3 is 0 Å². The molecule has 0 unspecified atom stereocenters. The van der Waals surface area contributed by atoms with Crippen molar-refractivity contribution in [2.45, 2.75) is 73.6 Å². The van der Waals surface area contributed by atoms with Crippen LogP contribution in [0.15, 0.2) is 23.3 Å². The van der Waals surface area contributed by atoms with E-state index in [1.165, 1.54) is 32.1 Å². The van der Waals surface area contributed by atoms with Crippen molar-refractivity contribution in [1.82, 2.24) is 0 Å². The lowest BCUT2D eigenvalue weighted by Gasteiger charge is -2.13. The Balaban J connectivity index is -0.000000285. The average Bonchev–Trinajstić information content (AvgIpc) is 2.46. The Morgan fingerprint density at radius 2 is 1.59 bits per heavy atom. The Labute approximate surface area is 110 Å². The van der Waals surface area contributed by atoms with Gasteiger partial charge in [-0.25, -0.2) is 0 Å². The quantitative estimate of drug-likeness (QED) is 0.692. The lowest BCUT2D eigenvalue weighted by Crippen LogP contribution is -1.93. The highest BCUT2D eigenvalue weighted by Gasteiger charge is 2.04. The topological polar surface area (TPSA) is 20.2 Å². The van der Waals surface area contributed by atoms with Crippen LogP contribution < -0.4 is 0 Å². The van der Waals surface area contributed by atoms with Crippen LogP contribution in [0.5, 0.6) is 0 Å². The maximum Gasteiger partial charge on any atom is 0.0319 e. The predicted octanol–water partition coefficient (Wildman–Crippen LogP) is 5.50. The highest BCUT2D eigenvalue weighted by molar-refractivity contribution is 5.29. The van der Waals surface area contributed by atoms with E-state index in [4.69, 9.17) is 5.11 Å². The first-order valence-electron chi connectivity index (χ1n) is 7.20. The monoisotopic (exact) mass is 242 g/mol. The van der Waals surface area contributed by atoms with E-state index in [1.807, 2.05) is 27.7 Å². The molecule has 1 N–H and O–H groups in total. The zero-order chi connectivity index (χ0) is 14.1. The van der Waals surface area contributed by atoms with Crippen molar-refractivity contribution >= 4 is 0 Å². The fourth-order valence-corrected chi connectivity index (χ4v) is 1.69. The maximum atomic E-state index is 7.00. The molecule has 0 aliphatic heterocycles. The van der Waals surface area contributed by atoms with Gasteiger partial charge < -0.3 is 5.11 Å². The molecular formula is C16H34O. The molecule has 0 fully saturated rings. The van der Waals surface area contributed by atoms with Gasteiger partial charge in [0.15, 0.2) is 0 Å². The molecule has 17 heavy (non-hydrogen) atoms. The molecule has 0 bridgehead atoms. The van der Waals surface area contributed by atoms with Crippen LogP contribution in [0.25, 0.3) is 0 Å². The number of aliphatic hydroxyl groups excluding tert-OH is 1. The van der Waals surface area contributed by atoms with Gasteiger partial charge in [0, 0.05) is 7.11 Å². The number of rotatable bonds is 3. The molecular weight excluding hydrogens is 208 g/mol. The van der Waals surface area contributed by atoms with Crippen molar-refractivity contribution in [3.63, 3.8) is 0 Å². The predicted molar refractivity (Wildman–Crippen MR) is 81.4 cm³/mol. The second-order valence-electron chi connectivity index (χ2n) is 3.17. The van der Waals surface area contributed by atoms with E-state index in [2.05, 4.69) is 26.0 Å². The fourth-order valence-electron chi connectivity index (χ4n) is 1.69. The molecule has 1 nitrogen and oxygen atoms in total. The minimum atomic E-state index is 1.00. The minimum Gasteiger partial charge on any atom is -0.400 e. The summed E-state index contributed by atoms with van der Waals surface area (Å²) in [5, 5.41) is 7.00. The number of hydrogen-bond donors (Lipinski definition) is 1. The third-order valence-corrected chi connectivity index (χ3v) is 2.33. The number of hydrogen-bond acceptors (Lipinski definition) is 1. The largest absolute Gasteiger partial charge is 0.400 e. The second kappa shape index (κ2) is 20.8. The van der Waals surface area contributed by atoms with Crippen LogP contribution in [0.3, 0.4) is 0 Å². The molecule has 0 aromatic carbocycles. The Morgan fingerprint density at radius 1 is 1.06 bits per heavy atom. The fraction of sp³-hybridized carbons (Fsp3) is 0.750. The molecule has 0 saturated heterocycles. The van der Waals surface area contributed by atoms with E-state index in [9.17, 15) is 0 Å². The maximum absolute atomic E-state index is 7.00. The Morgan fingerprint density at radius 3 is 2.00 bits per heavy atom. The van der Waals surface area contributed by atoms with Crippen molar-refractivity contribution in [2.24, 2.45) is 0 Å². The third kappa shape index (κ3) is 11.7. The van der Waals surface area contributed by atoms with Crippen molar-refractivity contribution in [3.8, 4) is 0 Å². The lowest BCUT2D eigenvalue weighted by molar-refractivity contribution is 0.399. The number of allylic oxidation sites excluding steroid dienone is 4. The van der Waals surface area contributed by atoms with E-state index in [1.54, 1.807) is 11.1 Å². The molecule has 0 radical (unpaired) electrons. The molecule has 0 atom stereocenters. The summed E-state index contributed by atoms with van der Waals surface area (Å²) < 4.78 is 0. The zero-order valence-electron chi connectivity index (χ0n) is 13.1. The highest BCUT2D eigenvalue weighted by atomic mass is 16.2. The minimum absolute atomic E-state index is 1.00. The van der Waals surface area contributed by atoms with Crippen molar-refractivity contribution in [1.29, 1.82) is 0 Å². The van der Waals surface area contributed by atoms with Crippen LogP contribution in [0.4, 0.5) is 0 Å². The Bertz CT molecular complexity index is 178. The van der Waals surface area contributed by atoms with E-state index in [0.717, 1.165) is 7.11 Å². The average molecular weight is 242 g/mol. The summed E-state index contributed by atoms with van der Waals surface area (Å²) in [6.45, 7) is 12.5. The van der Waals surface area contributed by atoms with Gasteiger partial charge in [0.1, 0.15) is 0 Å². The van der Waals surface area contributed by atoms with Crippen LogP contribution in [-0.2, 0) is 0 Å². The van der Waals surface area contributed by atoms with E-state index in [-0.39, 0.29) is 0 Å².